The number of hydrazone groups is 1. The molecule has 0 atom stereocenters. The molecule has 0 bridgehead atoms. The van der Waals surface area contributed by atoms with Crippen LogP contribution in [0.3, 0.4) is 0 Å². The van der Waals surface area contributed by atoms with Gasteiger partial charge >= 0.3 is 5.97 Å². The SMILES string of the molecule is COc1ccc(C=NNC(=O)CNc2c(Br)cc(Cl)cc2Br)c(C(=O)O)c1OC. The van der Waals surface area contributed by atoms with Crippen LogP contribution in [0.25, 0.3) is 0 Å². The fourth-order valence-electron chi connectivity index (χ4n) is 2.36. The van der Waals surface area contributed by atoms with Gasteiger partial charge in [-0.1, -0.05) is 11.6 Å². The fourth-order valence-corrected chi connectivity index (χ4v) is 4.31. The third kappa shape index (κ3) is 5.84. The number of nitrogens with one attached hydrogen (secondary N) is 2. The van der Waals surface area contributed by atoms with Gasteiger partial charge < -0.3 is 19.9 Å². The van der Waals surface area contributed by atoms with E-state index in [1.807, 2.05) is 0 Å². The van der Waals surface area contributed by atoms with Gasteiger partial charge in [-0.25, -0.2) is 10.2 Å². The van der Waals surface area contributed by atoms with Gasteiger partial charge in [0.15, 0.2) is 11.5 Å². The largest absolute Gasteiger partial charge is 0.493 e. The van der Waals surface area contributed by atoms with Crippen LogP contribution in [0.5, 0.6) is 11.5 Å². The van der Waals surface area contributed by atoms with Crippen LogP contribution in [0.4, 0.5) is 5.69 Å². The number of rotatable bonds is 8. The smallest absolute Gasteiger partial charge is 0.340 e. The Labute approximate surface area is 188 Å². The molecule has 29 heavy (non-hydrogen) atoms. The van der Waals surface area contributed by atoms with Gasteiger partial charge in [0, 0.05) is 19.5 Å². The van der Waals surface area contributed by atoms with Crippen molar-refractivity contribution in [2.24, 2.45) is 5.10 Å². The number of halogens is 3. The molecule has 2 aromatic rings. The molecule has 0 saturated heterocycles. The number of hydrogen-bond donors (Lipinski definition) is 3. The van der Waals surface area contributed by atoms with Crippen molar-refractivity contribution < 1.29 is 24.2 Å². The van der Waals surface area contributed by atoms with Crippen molar-refractivity contribution in [3.63, 3.8) is 0 Å². The molecular weight excluding hydrogens is 533 g/mol. The number of carbonyl (C=O) groups is 2. The number of carbonyl (C=O) groups excluding carboxylic acids is 1. The number of carboxylic acids is 1. The van der Waals surface area contributed by atoms with E-state index in [9.17, 15) is 14.7 Å². The Kier molecular flexibility index (Phi) is 8.30. The molecule has 0 spiro atoms. The van der Waals surface area contributed by atoms with Crippen LogP contribution in [0, 0.1) is 0 Å². The second-order valence-electron chi connectivity index (χ2n) is 5.46. The van der Waals surface area contributed by atoms with E-state index >= 15 is 0 Å². The summed E-state index contributed by atoms with van der Waals surface area (Å²) in [4.78, 5) is 23.6. The van der Waals surface area contributed by atoms with Gasteiger partial charge in [-0.3, -0.25) is 4.79 Å². The standard InChI is InChI=1S/C18H16Br2ClN3O5/c1-28-13-4-3-9(15(18(26)27)17(13)29-2)7-23-24-14(25)8-22-16-11(19)5-10(21)6-12(16)20/h3-7,22H,8H2,1-2H3,(H,24,25)(H,26,27). The summed E-state index contributed by atoms with van der Waals surface area (Å²) in [7, 11) is 2.74. The van der Waals surface area contributed by atoms with E-state index in [0.717, 1.165) is 0 Å². The number of aromatic carboxylic acids is 1. The van der Waals surface area contributed by atoms with Crippen LogP contribution >= 0.6 is 43.5 Å². The van der Waals surface area contributed by atoms with Crippen molar-refractivity contribution in [1.29, 1.82) is 0 Å². The summed E-state index contributed by atoms with van der Waals surface area (Å²) >= 11 is 12.7. The number of nitrogens with zero attached hydrogens (tertiary/aromatic N) is 1. The number of ether oxygens (including phenoxy) is 2. The average Bonchev–Trinajstić information content (AvgIpc) is 2.66. The summed E-state index contributed by atoms with van der Waals surface area (Å²) in [5.41, 5.74) is 3.10. The average molecular weight is 550 g/mol. The number of anilines is 1. The first-order valence-corrected chi connectivity index (χ1v) is 9.93. The molecule has 0 radical (unpaired) electrons. The quantitative estimate of drug-likeness (QED) is 0.337. The molecule has 0 aromatic heterocycles. The summed E-state index contributed by atoms with van der Waals surface area (Å²) in [5, 5.41) is 16.8. The van der Waals surface area contributed by atoms with Gasteiger partial charge in [0.2, 0.25) is 0 Å². The topological polar surface area (TPSA) is 109 Å². The summed E-state index contributed by atoms with van der Waals surface area (Å²) in [6.07, 6.45) is 1.22. The number of benzene rings is 2. The lowest BCUT2D eigenvalue weighted by molar-refractivity contribution is -0.119. The highest BCUT2D eigenvalue weighted by Crippen LogP contribution is 2.34. The lowest BCUT2D eigenvalue weighted by atomic mass is 10.1. The molecule has 0 aliphatic rings. The molecule has 2 aromatic carbocycles. The monoisotopic (exact) mass is 547 g/mol. The Morgan fingerprint density at radius 3 is 2.41 bits per heavy atom. The first kappa shape index (κ1) is 23.0. The van der Waals surface area contributed by atoms with Gasteiger partial charge in [0.05, 0.1) is 32.7 Å². The molecule has 11 heteroatoms. The second-order valence-corrected chi connectivity index (χ2v) is 7.61. The third-order valence-electron chi connectivity index (χ3n) is 3.62. The van der Waals surface area contributed by atoms with E-state index in [4.69, 9.17) is 21.1 Å². The molecule has 0 saturated carbocycles. The van der Waals surface area contributed by atoms with Crippen molar-refractivity contribution in [2.45, 2.75) is 0 Å². The van der Waals surface area contributed by atoms with Crippen LogP contribution in [0.1, 0.15) is 15.9 Å². The van der Waals surface area contributed by atoms with Gasteiger partial charge in [0.1, 0.15) is 5.56 Å². The van der Waals surface area contributed by atoms with Crippen molar-refractivity contribution in [3.8, 4) is 11.5 Å². The number of amides is 1. The van der Waals surface area contributed by atoms with E-state index in [-0.39, 0.29) is 29.2 Å². The van der Waals surface area contributed by atoms with Crippen molar-refractivity contribution in [1.82, 2.24) is 5.43 Å². The molecule has 8 nitrogen and oxygen atoms in total. The normalized spacial score (nSPS) is 10.7. The van der Waals surface area contributed by atoms with Crippen molar-refractivity contribution in [2.75, 3.05) is 26.1 Å². The molecule has 3 N–H and O–H groups in total. The van der Waals surface area contributed by atoms with Gasteiger partial charge in [-0.15, -0.1) is 0 Å². The van der Waals surface area contributed by atoms with E-state index in [1.165, 1.54) is 26.5 Å². The zero-order valence-corrected chi connectivity index (χ0v) is 19.2. The molecule has 2 rings (SSSR count). The molecule has 0 fully saturated rings. The molecule has 0 heterocycles. The van der Waals surface area contributed by atoms with Crippen LogP contribution in [0.15, 0.2) is 38.3 Å². The number of carboxylic acid groups (broad SMARTS) is 1. The number of methoxy groups -OCH3 is 2. The zero-order valence-electron chi connectivity index (χ0n) is 15.3. The Balaban J connectivity index is 2.08. The third-order valence-corrected chi connectivity index (χ3v) is 5.09. The minimum atomic E-state index is -1.22. The van der Waals surface area contributed by atoms with E-state index in [2.05, 4.69) is 47.7 Å². The van der Waals surface area contributed by atoms with Crippen molar-refractivity contribution >= 4 is 67.2 Å². The fraction of sp³-hybridized carbons (Fsp3) is 0.167. The second kappa shape index (κ2) is 10.5. The van der Waals surface area contributed by atoms with Gasteiger partial charge in [0.25, 0.3) is 5.91 Å². The van der Waals surface area contributed by atoms with Gasteiger partial charge in [-0.05, 0) is 56.1 Å². The van der Waals surface area contributed by atoms with E-state index < -0.39 is 11.9 Å². The van der Waals surface area contributed by atoms with Crippen LogP contribution < -0.4 is 20.2 Å². The predicted molar refractivity (Wildman–Crippen MR) is 118 cm³/mol. The maximum absolute atomic E-state index is 12.0. The minimum absolute atomic E-state index is 0.0642. The Morgan fingerprint density at radius 1 is 1.21 bits per heavy atom. The molecule has 154 valence electrons. The lowest BCUT2D eigenvalue weighted by Crippen LogP contribution is -2.26. The Bertz CT molecular complexity index is 946. The van der Waals surface area contributed by atoms with Gasteiger partial charge in [-0.2, -0.15) is 5.10 Å². The lowest BCUT2D eigenvalue weighted by Gasteiger charge is -2.12. The summed E-state index contributed by atoms with van der Waals surface area (Å²) in [6.45, 7) is -0.0755. The maximum atomic E-state index is 12.0. The Morgan fingerprint density at radius 2 is 1.86 bits per heavy atom. The number of hydrogen-bond acceptors (Lipinski definition) is 6. The van der Waals surface area contributed by atoms with Crippen LogP contribution in [0.2, 0.25) is 5.02 Å². The Hall–Kier alpha value is -2.30. The maximum Gasteiger partial charge on any atom is 0.340 e. The highest BCUT2D eigenvalue weighted by molar-refractivity contribution is 9.11. The predicted octanol–water partition coefficient (Wildman–Crippen LogP) is 4.14. The first-order chi connectivity index (χ1) is 13.8. The summed E-state index contributed by atoms with van der Waals surface area (Å²) < 4.78 is 11.6. The summed E-state index contributed by atoms with van der Waals surface area (Å²) in [5.74, 6) is -1.32. The van der Waals surface area contributed by atoms with E-state index in [1.54, 1.807) is 18.2 Å². The van der Waals surface area contributed by atoms with Crippen LogP contribution in [-0.4, -0.2) is 44.0 Å². The first-order valence-electron chi connectivity index (χ1n) is 7.97. The zero-order chi connectivity index (χ0) is 21.6. The molecule has 0 aliphatic carbocycles. The highest BCUT2D eigenvalue weighted by atomic mass is 79.9. The highest BCUT2D eigenvalue weighted by Gasteiger charge is 2.20. The molecule has 0 aliphatic heterocycles. The minimum Gasteiger partial charge on any atom is -0.493 e. The molecule has 0 unspecified atom stereocenters. The molecular formula is C18H16Br2ClN3O5. The summed E-state index contributed by atoms with van der Waals surface area (Å²) in [6, 6.07) is 6.43. The van der Waals surface area contributed by atoms with Crippen LogP contribution in [-0.2, 0) is 4.79 Å². The van der Waals surface area contributed by atoms with E-state index in [0.29, 0.717) is 19.7 Å². The van der Waals surface area contributed by atoms with Crippen molar-refractivity contribution in [3.05, 3.63) is 49.4 Å². The molecule has 1 amide bonds.